The van der Waals surface area contributed by atoms with E-state index in [9.17, 15) is 14.4 Å². The first-order chi connectivity index (χ1) is 16.0. The molecular formula is C25H17ClN4O3. The Hall–Kier alpha value is -4.23. The Morgan fingerprint density at radius 1 is 0.909 bits per heavy atom. The molecule has 0 fully saturated rings. The van der Waals surface area contributed by atoms with E-state index in [2.05, 4.69) is 20.9 Å². The van der Waals surface area contributed by atoms with Gasteiger partial charge in [-0.25, -0.2) is 4.98 Å². The molecule has 0 radical (unpaired) electrons. The highest BCUT2D eigenvalue weighted by Gasteiger charge is 2.23. The quantitative estimate of drug-likeness (QED) is 0.374. The lowest BCUT2D eigenvalue weighted by Crippen LogP contribution is -2.16. The summed E-state index contributed by atoms with van der Waals surface area (Å²) in [6, 6.07) is 20.0. The Morgan fingerprint density at radius 3 is 2.39 bits per heavy atom. The van der Waals surface area contributed by atoms with Gasteiger partial charge < -0.3 is 16.0 Å². The van der Waals surface area contributed by atoms with Gasteiger partial charge in [0.05, 0.1) is 16.4 Å². The molecule has 8 heteroatoms. The molecule has 0 saturated heterocycles. The van der Waals surface area contributed by atoms with Gasteiger partial charge in [0.1, 0.15) is 12.1 Å². The second-order valence-corrected chi connectivity index (χ2v) is 7.94. The molecule has 162 valence electrons. The normalized spacial score (nSPS) is 13.0. The highest BCUT2D eigenvalue weighted by atomic mass is 35.5. The molecule has 0 saturated carbocycles. The maximum absolute atomic E-state index is 12.5. The molecule has 7 nitrogen and oxygen atoms in total. The highest BCUT2D eigenvalue weighted by Crippen LogP contribution is 2.41. The summed E-state index contributed by atoms with van der Waals surface area (Å²) in [5, 5.41) is 10.5. The number of amides is 3. The molecule has 33 heavy (non-hydrogen) atoms. The second kappa shape index (κ2) is 8.37. The summed E-state index contributed by atoms with van der Waals surface area (Å²) in [6.07, 6.45) is 1.26. The van der Waals surface area contributed by atoms with Crippen LogP contribution >= 0.6 is 11.6 Å². The third-order valence-electron chi connectivity index (χ3n) is 5.33. The lowest BCUT2D eigenvalue weighted by atomic mass is 9.96. The fraction of sp³-hybridized carbons (Fsp3) is 0.0400. The molecule has 3 N–H and O–H groups in total. The van der Waals surface area contributed by atoms with E-state index in [-0.39, 0.29) is 29.0 Å². The maximum atomic E-state index is 12.5. The van der Waals surface area contributed by atoms with Crippen molar-refractivity contribution in [3.8, 4) is 11.1 Å². The SMILES string of the molecule is O=C1CC(=O)Nc2c(c(-c3ccc(NC(=O)c4ncccc4Cl)cc3)cc3ccccc23)N1. The number of carbonyl (C=O) groups excluding carboxylic acids is 3. The number of carbonyl (C=O) groups is 3. The van der Waals surface area contributed by atoms with Crippen molar-refractivity contribution in [2.75, 3.05) is 16.0 Å². The lowest BCUT2D eigenvalue weighted by molar-refractivity contribution is -0.123. The van der Waals surface area contributed by atoms with Gasteiger partial charge in [0, 0.05) is 22.8 Å². The van der Waals surface area contributed by atoms with Gasteiger partial charge in [-0.1, -0.05) is 48.0 Å². The van der Waals surface area contributed by atoms with Crippen molar-refractivity contribution in [2.45, 2.75) is 6.42 Å². The van der Waals surface area contributed by atoms with Gasteiger partial charge >= 0.3 is 0 Å². The Kier molecular flexibility index (Phi) is 5.24. The molecule has 0 spiro atoms. The van der Waals surface area contributed by atoms with Gasteiger partial charge in [-0.2, -0.15) is 0 Å². The van der Waals surface area contributed by atoms with Crippen molar-refractivity contribution in [3.63, 3.8) is 0 Å². The number of hydrogen-bond acceptors (Lipinski definition) is 4. The van der Waals surface area contributed by atoms with Crippen LogP contribution in [0.2, 0.25) is 5.02 Å². The van der Waals surface area contributed by atoms with Crippen molar-refractivity contribution in [2.24, 2.45) is 0 Å². The first kappa shape index (κ1) is 20.7. The van der Waals surface area contributed by atoms with Crippen LogP contribution in [0.5, 0.6) is 0 Å². The number of nitrogens with zero attached hydrogens (tertiary/aromatic N) is 1. The summed E-state index contributed by atoms with van der Waals surface area (Å²) in [5.74, 6) is -1.15. The number of benzene rings is 3. The molecular weight excluding hydrogens is 440 g/mol. The number of rotatable bonds is 3. The first-order valence-electron chi connectivity index (χ1n) is 10.2. The molecule has 5 rings (SSSR count). The molecule has 0 atom stereocenters. The average molecular weight is 457 g/mol. The van der Waals surface area contributed by atoms with Gasteiger partial charge in [-0.05, 0) is 41.3 Å². The van der Waals surface area contributed by atoms with E-state index in [0.29, 0.717) is 17.1 Å². The van der Waals surface area contributed by atoms with Crippen LogP contribution in [-0.2, 0) is 9.59 Å². The van der Waals surface area contributed by atoms with Crippen LogP contribution in [0.1, 0.15) is 16.9 Å². The third-order valence-corrected chi connectivity index (χ3v) is 5.63. The van der Waals surface area contributed by atoms with Gasteiger partial charge in [0.15, 0.2) is 0 Å². The monoisotopic (exact) mass is 456 g/mol. The largest absolute Gasteiger partial charge is 0.323 e. The van der Waals surface area contributed by atoms with E-state index in [4.69, 9.17) is 11.6 Å². The minimum absolute atomic E-state index is 0.140. The van der Waals surface area contributed by atoms with Crippen LogP contribution in [0.3, 0.4) is 0 Å². The Balaban J connectivity index is 1.53. The Morgan fingerprint density at radius 2 is 1.64 bits per heavy atom. The van der Waals surface area contributed by atoms with Crippen LogP contribution < -0.4 is 16.0 Å². The predicted octanol–water partition coefficient (Wildman–Crippen LogP) is 5.09. The zero-order chi connectivity index (χ0) is 22.9. The molecule has 3 amide bonds. The smallest absolute Gasteiger partial charge is 0.275 e. The molecule has 2 heterocycles. The molecule has 0 unspecified atom stereocenters. The van der Waals surface area contributed by atoms with E-state index in [1.807, 2.05) is 42.5 Å². The fourth-order valence-electron chi connectivity index (χ4n) is 3.82. The van der Waals surface area contributed by atoms with Gasteiger partial charge in [0.2, 0.25) is 11.8 Å². The summed E-state index contributed by atoms with van der Waals surface area (Å²) in [6.45, 7) is 0. The number of pyridine rings is 1. The van der Waals surface area contributed by atoms with Crippen LogP contribution in [0.15, 0.2) is 72.9 Å². The molecule has 1 aliphatic rings. The molecule has 1 aromatic heterocycles. The van der Waals surface area contributed by atoms with E-state index in [0.717, 1.165) is 21.9 Å². The molecule has 0 bridgehead atoms. The van der Waals surface area contributed by atoms with E-state index < -0.39 is 5.91 Å². The summed E-state index contributed by atoms with van der Waals surface area (Å²) in [5.41, 5.74) is 3.38. The second-order valence-electron chi connectivity index (χ2n) is 7.53. The minimum Gasteiger partial charge on any atom is -0.323 e. The summed E-state index contributed by atoms with van der Waals surface area (Å²) < 4.78 is 0. The fourth-order valence-corrected chi connectivity index (χ4v) is 4.03. The first-order valence-corrected chi connectivity index (χ1v) is 10.5. The van der Waals surface area contributed by atoms with Crippen LogP contribution in [0, 0.1) is 0 Å². The number of anilines is 3. The van der Waals surface area contributed by atoms with E-state index in [1.165, 1.54) is 6.20 Å². The van der Waals surface area contributed by atoms with Crippen molar-refractivity contribution >= 4 is 57.2 Å². The molecule has 3 aromatic carbocycles. The Labute approximate surface area is 193 Å². The number of aromatic nitrogens is 1. The number of fused-ring (bicyclic) bond motifs is 3. The number of hydrogen-bond donors (Lipinski definition) is 3. The third kappa shape index (κ3) is 4.02. The Bertz CT molecular complexity index is 1430. The number of nitrogens with one attached hydrogen (secondary N) is 3. The molecule has 0 aliphatic carbocycles. The number of halogens is 1. The van der Waals surface area contributed by atoms with Gasteiger partial charge in [-0.15, -0.1) is 0 Å². The molecule has 4 aromatic rings. The minimum atomic E-state index is -0.414. The van der Waals surface area contributed by atoms with Crippen molar-refractivity contribution < 1.29 is 14.4 Å². The van der Waals surface area contributed by atoms with E-state index in [1.54, 1.807) is 24.3 Å². The van der Waals surface area contributed by atoms with Crippen molar-refractivity contribution in [1.29, 1.82) is 0 Å². The summed E-state index contributed by atoms with van der Waals surface area (Å²) >= 11 is 6.05. The highest BCUT2D eigenvalue weighted by molar-refractivity contribution is 6.34. The zero-order valence-electron chi connectivity index (χ0n) is 17.2. The molecule has 1 aliphatic heterocycles. The maximum Gasteiger partial charge on any atom is 0.275 e. The van der Waals surface area contributed by atoms with Crippen molar-refractivity contribution in [3.05, 3.63) is 83.6 Å². The van der Waals surface area contributed by atoms with Crippen LogP contribution in [0.25, 0.3) is 21.9 Å². The standard InChI is InChI=1S/C25H17ClN4O3/c26-19-6-3-11-27-24(19)25(33)28-16-9-7-14(8-10-16)18-12-15-4-1-2-5-17(15)22-23(18)30-21(32)13-20(31)29-22/h1-12H,13H2,(H,28,33)(H,29,31)(H,30,32). The zero-order valence-corrected chi connectivity index (χ0v) is 17.9. The summed E-state index contributed by atoms with van der Waals surface area (Å²) in [4.78, 5) is 41.0. The topological polar surface area (TPSA) is 100 Å². The predicted molar refractivity (Wildman–Crippen MR) is 128 cm³/mol. The lowest BCUT2D eigenvalue weighted by Gasteiger charge is -2.17. The van der Waals surface area contributed by atoms with Gasteiger partial charge in [-0.3, -0.25) is 14.4 Å². The van der Waals surface area contributed by atoms with E-state index >= 15 is 0 Å². The summed E-state index contributed by atoms with van der Waals surface area (Å²) in [7, 11) is 0. The van der Waals surface area contributed by atoms with Crippen LogP contribution in [-0.4, -0.2) is 22.7 Å². The average Bonchev–Trinajstić information content (AvgIpc) is 2.96. The van der Waals surface area contributed by atoms with Crippen molar-refractivity contribution in [1.82, 2.24) is 4.98 Å². The van der Waals surface area contributed by atoms with Crippen LogP contribution in [0.4, 0.5) is 17.1 Å². The van der Waals surface area contributed by atoms with Gasteiger partial charge in [0.25, 0.3) is 5.91 Å².